The minimum atomic E-state index is -0.260. The lowest BCUT2D eigenvalue weighted by molar-refractivity contribution is 0.216. The highest BCUT2D eigenvalue weighted by Crippen LogP contribution is 2.32. The summed E-state index contributed by atoms with van der Waals surface area (Å²) in [4.78, 5) is 12.1. The van der Waals surface area contributed by atoms with Gasteiger partial charge in [0.2, 0.25) is 0 Å². The topological polar surface area (TPSA) is 61.4 Å². The van der Waals surface area contributed by atoms with Crippen LogP contribution < -0.4 is 10.6 Å². The van der Waals surface area contributed by atoms with E-state index in [1.54, 1.807) is 6.07 Å². The highest BCUT2D eigenvalue weighted by molar-refractivity contribution is 5.75. The zero-order valence-corrected chi connectivity index (χ0v) is 12.5. The van der Waals surface area contributed by atoms with Gasteiger partial charge in [-0.1, -0.05) is 26.0 Å². The zero-order valence-electron chi connectivity index (χ0n) is 12.5. The van der Waals surface area contributed by atoms with Crippen molar-refractivity contribution >= 4 is 6.03 Å². The van der Waals surface area contributed by atoms with Gasteiger partial charge in [-0.2, -0.15) is 0 Å². The van der Waals surface area contributed by atoms with E-state index in [4.69, 9.17) is 5.11 Å². The molecule has 116 valence electrons. The highest BCUT2D eigenvalue weighted by atomic mass is 19.1. The summed E-state index contributed by atoms with van der Waals surface area (Å²) in [6.45, 7) is 4.04. The Kier molecular flexibility index (Phi) is 5.17. The molecule has 0 aromatic heterocycles. The number of benzene rings is 1. The number of carbonyl (C=O) groups excluding carboxylic acids is 1. The second-order valence-electron chi connectivity index (χ2n) is 5.88. The Hall–Kier alpha value is -1.62. The standard InChI is InChI=1S/C16H23FN2O2/c1-10(2)14(8-9-20)18-16(21)19-15-7-6-11-12(15)4-3-5-13(11)17/h3-5,10,14-15,20H,6-9H2,1-2H3,(H2,18,19,21). The molecule has 0 saturated heterocycles. The fourth-order valence-corrected chi connectivity index (χ4v) is 2.84. The monoisotopic (exact) mass is 294 g/mol. The molecule has 5 heteroatoms. The number of halogens is 1. The first-order chi connectivity index (χ1) is 10.0. The smallest absolute Gasteiger partial charge is 0.315 e. The number of fused-ring (bicyclic) bond motifs is 1. The lowest BCUT2D eigenvalue weighted by Crippen LogP contribution is -2.45. The largest absolute Gasteiger partial charge is 0.396 e. The minimum absolute atomic E-state index is 0.0423. The second-order valence-corrected chi connectivity index (χ2v) is 5.88. The van der Waals surface area contributed by atoms with Gasteiger partial charge in [0.05, 0.1) is 6.04 Å². The van der Waals surface area contributed by atoms with Crippen molar-refractivity contribution in [2.75, 3.05) is 6.61 Å². The molecule has 2 atom stereocenters. The van der Waals surface area contributed by atoms with Crippen molar-refractivity contribution in [1.82, 2.24) is 10.6 Å². The Bertz CT molecular complexity index is 505. The fourth-order valence-electron chi connectivity index (χ4n) is 2.84. The third-order valence-electron chi connectivity index (χ3n) is 4.08. The minimum Gasteiger partial charge on any atom is -0.396 e. The maximum Gasteiger partial charge on any atom is 0.315 e. The molecule has 0 heterocycles. The van der Waals surface area contributed by atoms with E-state index in [1.165, 1.54) is 6.07 Å². The van der Waals surface area contributed by atoms with Crippen molar-refractivity contribution in [3.05, 3.63) is 35.1 Å². The van der Waals surface area contributed by atoms with Gasteiger partial charge in [0.15, 0.2) is 0 Å². The van der Waals surface area contributed by atoms with E-state index >= 15 is 0 Å². The Labute approximate surface area is 124 Å². The van der Waals surface area contributed by atoms with E-state index in [1.807, 2.05) is 19.9 Å². The van der Waals surface area contributed by atoms with Crippen molar-refractivity contribution in [2.45, 2.75) is 45.2 Å². The van der Waals surface area contributed by atoms with Gasteiger partial charge in [0.25, 0.3) is 0 Å². The predicted molar refractivity (Wildman–Crippen MR) is 79.5 cm³/mol. The van der Waals surface area contributed by atoms with Crippen LogP contribution in [-0.2, 0) is 6.42 Å². The van der Waals surface area contributed by atoms with Crippen LogP contribution in [-0.4, -0.2) is 23.8 Å². The van der Waals surface area contributed by atoms with Gasteiger partial charge < -0.3 is 15.7 Å². The first-order valence-electron chi connectivity index (χ1n) is 7.48. The van der Waals surface area contributed by atoms with Crippen LogP contribution in [0.5, 0.6) is 0 Å². The lowest BCUT2D eigenvalue weighted by Gasteiger charge is -2.23. The summed E-state index contributed by atoms with van der Waals surface area (Å²) in [5.74, 6) is 0.0498. The summed E-state index contributed by atoms with van der Waals surface area (Å²) in [6, 6.07) is 4.53. The number of aliphatic hydroxyl groups is 1. The molecule has 2 unspecified atom stereocenters. The van der Waals surface area contributed by atoms with Crippen LogP contribution in [0.3, 0.4) is 0 Å². The summed E-state index contributed by atoms with van der Waals surface area (Å²) >= 11 is 0. The van der Waals surface area contributed by atoms with Gasteiger partial charge in [0, 0.05) is 12.6 Å². The number of amides is 2. The van der Waals surface area contributed by atoms with Crippen molar-refractivity contribution in [3.8, 4) is 0 Å². The van der Waals surface area contributed by atoms with Crippen LogP contribution >= 0.6 is 0 Å². The molecule has 2 rings (SSSR count). The number of rotatable bonds is 5. The van der Waals surface area contributed by atoms with E-state index in [0.29, 0.717) is 18.4 Å². The molecule has 0 bridgehead atoms. The molecule has 0 aliphatic heterocycles. The molecule has 0 spiro atoms. The third-order valence-corrected chi connectivity index (χ3v) is 4.08. The summed E-state index contributed by atoms with van der Waals surface area (Å²) in [6.07, 6.45) is 1.90. The number of urea groups is 1. The number of carbonyl (C=O) groups is 1. The highest BCUT2D eigenvalue weighted by Gasteiger charge is 2.26. The van der Waals surface area contributed by atoms with Crippen molar-refractivity contribution in [2.24, 2.45) is 5.92 Å². The quantitative estimate of drug-likeness (QED) is 0.781. The summed E-state index contributed by atoms with van der Waals surface area (Å²) in [7, 11) is 0. The summed E-state index contributed by atoms with van der Waals surface area (Å²) < 4.78 is 13.7. The third kappa shape index (κ3) is 3.73. The Balaban J connectivity index is 1.97. The zero-order chi connectivity index (χ0) is 15.4. The summed E-state index contributed by atoms with van der Waals surface area (Å²) in [5.41, 5.74) is 1.58. The number of nitrogens with one attached hydrogen (secondary N) is 2. The van der Waals surface area contributed by atoms with E-state index in [0.717, 1.165) is 12.0 Å². The van der Waals surface area contributed by atoms with Gasteiger partial charge >= 0.3 is 6.03 Å². The number of aliphatic hydroxyl groups excluding tert-OH is 1. The van der Waals surface area contributed by atoms with E-state index in [9.17, 15) is 9.18 Å². The van der Waals surface area contributed by atoms with E-state index < -0.39 is 0 Å². The first kappa shape index (κ1) is 15.8. The molecular formula is C16H23FN2O2. The Morgan fingerprint density at radius 1 is 1.48 bits per heavy atom. The number of hydrogen-bond acceptors (Lipinski definition) is 2. The maximum absolute atomic E-state index is 13.7. The Morgan fingerprint density at radius 3 is 2.90 bits per heavy atom. The molecule has 1 aliphatic carbocycles. The molecule has 2 amide bonds. The van der Waals surface area contributed by atoms with Crippen LogP contribution in [0.1, 0.15) is 43.9 Å². The van der Waals surface area contributed by atoms with Gasteiger partial charge in [-0.05, 0) is 42.4 Å². The molecule has 0 fully saturated rings. The van der Waals surface area contributed by atoms with Gasteiger partial charge in [-0.3, -0.25) is 0 Å². The first-order valence-corrected chi connectivity index (χ1v) is 7.48. The molecule has 1 aliphatic rings. The van der Waals surface area contributed by atoms with Crippen molar-refractivity contribution in [1.29, 1.82) is 0 Å². The van der Waals surface area contributed by atoms with E-state index in [-0.39, 0.29) is 36.5 Å². The Morgan fingerprint density at radius 2 is 2.24 bits per heavy atom. The van der Waals surface area contributed by atoms with Gasteiger partial charge in [-0.25, -0.2) is 9.18 Å². The maximum atomic E-state index is 13.7. The number of hydrogen-bond donors (Lipinski definition) is 3. The molecule has 1 aromatic carbocycles. The van der Waals surface area contributed by atoms with Crippen molar-refractivity contribution in [3.63, 3.8) is 0 Å². The van der Waals surface area contributed by atoms with Crippen molar-refractivity contribution < 1.29 is 14.3 Å². The normalized spacial score (nSPS) is 18.4. The second kappa shape index (κ2) is 6.89. The molecule has 21 heavy (non-hydrogen) atoms. The molecule has 0 saturated carbocycles. The predicted octanol–water partition coefficient (Wildman–Crippen LogP) is 2.52. The van der Waals surface area contributed by atoms with Gasteiger partial charge in [0.1, 0.15) is 5.82 Å². The molecule has 0 radical (unpaired) electrons. The van der Waals surface area contributed by atoms with Crippen LogP contribution in [0, 0.1) is 11.7 Å². The molecule has 4 nitrogen and oxygen atoms in total. The molecule has 1 aromatic rings. The average Bonchev–Trinajstić information content (AvgIpc) is 2.83. The lowest BCUT2D eigenvalue weighted by atomic mass is 10.0. The van der Waals surface area contributed by atoms with Crippen LogP contribution in [0.2, 0.25) is 0 Å². The van der Waals surface area contributed by atoms with Gasteiger partial charge in [-0.15, -0.1) is 0 Å². The molecular weight excluding hydrogens is 271 g/mol. The SMILES string of the molecule is CC(C)C(CCO)NC(=O)NC1CCc2c(F)cccc21. The fraction of sp³-hybridized carbons (Fsp3) is 0.562. The average molecular weight is 294 g/mol. The van der Waals surface area contributed by atoms with Crippen LogP contribution in [0.25, 0.3) is 0 Å². The molecule has 3 N–H and O–H groups in total. The van der Waals surface area contributed by atoms with Crippen LogP contribution in [0.4, 0.5) is 9.18 Å². The summed E-state index contributed by atoms with van der Waals surface area (Å²) in [5, 5.41) is 14.8. The van der Waals surface area contributed by atoms with E-state index in [2.05, 4.69) is 10.6 Å². The van der Waals surface area contributed by atoms with Crippen LogP contribution in [0.15, 0.2) is 18.2 Å².